The Bertz CT molecular complexity index is 1270. The van der Waals surface area contributed by atoms with Gasteiger partial charge in [0.25, 0.3) is 5.91 Å². The van der Waals surface area contributed by atoms with Gasteiger partial charge in [0.1, 0.15) is 23.5 Å². The summed E-state index contributed by atoms with van der Waals surface area (Å²) in [4.78, 5) is 44.5. The van der Waals surface area contributed by atoms with E-state index < -0.39 is 23.8 Å². The number of likely N-dealkylation sites (tertiary alicyclic amines) is 1. The molecule has 4 N–H and O–H groups in total. The van der Waals surface area contributed by atoms with Crippen molar-refractivity contribution < 1.29 is 19.1 Å². The van der Waals surface area contributed by atoms with Crippen LogP contribution in [-0.2, 0) is 20.9 Å². The quantitative estimate of drug-likeness (QED) is 0.488. The molecule has 9 heteroatoms. The molecule has 0 radical (unpaired) electrons. The minimum atomic E-state index is -0.962. The van der Waals surface area contributed by atoms with Gasteiger partial charge in [0, 0.05) is 24.7 Å². The van der Waals surface area contributed by atoms with Crippen molar-refractivity contribution in [3.05, 3.63) is 71.9 Å². The molecule has 9 nitrogen and oxygen atoms in total. The van der Waals surface area contributed by atoms with Crippen LogP contribution < -0.4 is 16.4 Å². The van der Waals surface area contributed by atoms with Crippen LogP contribution in [0, 0.1) is 0 Å². The molecule has 1 fully saturated rings. The van der Waals surface area contributed by atoms with E-state index in [1.807, 2.05) is 30.3 Å². The van der Waals surface area contributed by atoms with E-state index in [1.165, 1.54) is 4.90 Å². The summed E-state index contributed by atoms with van der Waals surface area (Å²) in [5, 5.41) is 7.40. The highest BCUT2D eigenvalue weighted by atomic mass is 16.6. The number of hydrogen-bond donors (Lipinski definition) is 3. The van der Waals surface area contributed by atoms with Crippen LogP contribution >= 0.6 is 0 Å². The molecule has 3 aromatic rings. The average molecular weight is 490 g/mol. The summed E-state index contributed by atoms with van der Waals surface area (Å²) in [6, 6.07) is 15.0. The summed E-state index contributed by atoms with van der Waals surface area (Å²) in [6.07, 6.45) is 1.50. The maximum Gasteiger partial charge on any atom is 0.408 e. The minimum absolute atomic E-state index is 0.243. The molecule has 0 spiro atoms. The van der Waals surface area contributed by atoms with Crippen LogP contribution in [0.2, 0.25) is 0 Å². The largest absolute Gasteiger partial charge is 0.444 e. The zero-order chi connectivity index (χ0) is 25.9. The van der Waals surface area contributed by atoms with Crippen molar-refractivity contribution >= 4 is 34.5 Å². The molecule has 1 aliphatic rings. The second kappa shape index (κ2) is 10.2. The average Bonchev–Trinajstić information content (AvgIpc) is 2.80. The van der Waals surface area contributed by atoms with Crippen LogP contribution in [0.5, 0.6) is 0 Å². The summed E-state index contributed by atoms with van der Waals surface area (Å²) >= 11 is 0. The third kappa shape index (κ3) is 5.73. The van der Waals surface area contributed by atoms with Crippen LogP contribution in [0.4, 0.5) is 10.6 Å². The first kappa shape index (κ1) is 25.0. The highest BCUT2D eigenvalue weighted by Gasteiger charge is 2.41. The fourth-order valence-electron chi connectivity index (χ4n) is 4.12. The Labute approximate surface area is 210 Å². The van der Waals surface area contributed by atoms with Gasteiger partial charge in [0.2, 0.25) is 5.91 Å². The summed E-state index contributed by atoms with van der Waals surface area (Å²) in [7, 11) is 0. The Morgan fingerprint density at radius 3 is 2.56 bits per heavy atom. The first-order valence-electron chi connectivity index (χ1n) is 11.9. The second-order valence-corrected chi connectivity index (χ2v) is 9.80. The third-order valence-corrected chi connectivity index (χ3v) is 5.97. The molecule has 36 heavy (non-hydrogen) atoms. The molecule has 0 bridgehead atoms. The number of benzene rings is 2. The van der Waals surface area contributed by atoms with E-state index >= 15 is 0 Å². The van der Waals surface area contributed by atoms with Crippen molar-refractivity contribution in [2.45, 2.75) is 51.4 Å². The van der Waals surface area contributed by atoms with Crippen LogP contribution in [0.3, 0.4) is 0 Å². The number of nitrogens with one attached hydrogen (secondary N) is 2. The highest BCUT2D eigenvalue weighted by molar-refractivity contribution is 5.94. The normalized spacial score (nSPS) is 16.1. The molecule has 1 aliphatic heterocycles. The molecular formula is C27H31N5O4. The fraction of sp³-hybridized carbons (Fsp3) is 0.333. The van der Waals surface area contributed by atoms with Gasteiger partial charge in [-0.2, -0.15) is 0 Å². The Morgan fingerprint density at radius 1 is 1.14 bits per heavy atom. The lowest BCUT2D eigenvalue weighted by Gasteiger charge is -2.41. The van der Waals surface area contributed by atoms with E-state index in [0.717, 1.165) is 16.3 Å². The van der Waals surface area contributed by atoms with E-state index in [9.17, 15) is 14.4 Å². The second-order valence-electron chi connectivity index (χ2n) is 9.80. The van der Waals surface area contributed by atoms with E-state index in [2.05, 4.69) is 15.6 Å². The van der Waals surface area contributed by atoms with Crippen molar-refractivity contribution in [1.82, 2.24) is 20.5 Å². The standard InChI is InChI=1S/C27H31N5O4/c1-27(2,3)36-26(35)31-22(18-7-5-4-6-8-18)25(34)32-14-12-21(32)24(33)30-16-17-9-10-20-19(15-17)11-13-29-23(20)28/h4-11,13,15,21-22H,12,14,16H2,1-3H3,(H2,28,29)(H,30,33)(H,31,35)/t21?,22-/m1/s1. The van der Waals surface area contributed by atoms with Crippen LogP contribution in [-0.4, -0.2) is 46.0 Å². The fourth-order valence-corrected chi connectivity index (χ4v) is 4.12. The lowest BCUT2D eigenvalue weighted by atomic mass is 9.97. The maximum absolute atomic E-state index is 13.5. The van der Waals surface area contributed by atoms with Gasteiger partial charge in [0.15, 0.2) is 0 Å². The summed E-state index contributed by atoms with van der Waals surface area (Å²) in [6.45, 7) is 6.00. The van der Waals surface area contributed by atoms with Gasteiger partial charge < -0.3 is 26.0 Å². The maximum atomic E-state index is 13.5. The zero-order valence-corrected chi connectivity index (χ0v) is 20.7. The number of nitrogens with zero attached hydrogens (tertiary/aromatic N) is 2. The van der Waals surface area contributed by atoms with E-state index in [0.29, 0.717) is 30.9 Å². The van der Waals surface area contributed by atoms with Crippen LogP contribution in [0.25, 0.3) is 10.8 Å². The zero-order valence-electron chi connectivity index (χ0n) is 20.7. The van der Waals surface area contributed by atoms with Gasteiger partial charge in [-0.1, -0.05) is 42.5 Å². The Kier molecular flexibility index (Phi) is 7.10. The molecule has 1 aromatic heterocycles. The third-order valence-electron chi connectivity index (χ3n) is 5.97. The molecule has 2 atom stereocenters. The molecular weight excluding hydrogens is 458 g/mol. The van der Waals surface area contributed by atoms with Crippen LogP contribution in [0.1, 0.15) is 44.4 Å². The molecule has 0 saturated carbocycles. The molecule has 4 rings (SSSR count). The molecule has 188 valence electrons. The lowest BCUT2D eigenvalue weighted by Crippen LogP contribution is -2.60. The number of ether oxygens (including phenoxy) is 1. The van der Waals surface area contributed by atoms with Crippen molar-refractivity contribution in [3.8, 4) is 0 Å². The van der Waals surface area contributed by atoms with Gasteiger partial charge in [0.05, 0.1) is 0 Å². The molecule has 0 aliphatic carbocycles. The number of nitrogen functional groups attached to an aromatic ring is 1. The monoisotopic (exact) mass is 489 g/mol. The topological polar surface area (TPSA) is 127 Å². The number of rotatable bonds is 6. The van der Waals surface area contributed by atoms with Crippen molar-refractivity contribution in [3.63, 3.8) is 0 Å². The smallest absolute Gasteiger partial charge is 0.408 e. The van der Waals surface area contributed by atoms with Gasteiger partial charge in [-0.05, 0) is 55.8 Å². The molecule has 3 amide bonds. The number of pyridine rings is 1. The van der Waals surface area contributed by atoms with Gasteiger partial charge in [-0.25, -0.2) is 9.78 Å². The predicted octanol–water partition coefficient (Wildman–Crippen LogP) is 3.30. The number of aromatic nitrogens is 1. The first-order chi connectivity index (χ1) is 17.1. The molecule has 2 heterocycles. The van der Waals surface area contributed by atoms with Gasteiger partial charge >= 0.3 is 6.09 Å². The van der Waals surface area contributed by atoms with E-state index in [-0.39, 0.29) is 11.8 Å². The summed E-state index contributed by atoms with van der Waals surface area (Å²) in [5.74, 6) is -0.139. The number of alkyl carbamates (subject to hydrolysis) is 1. The number of hydrogen-bond acceptors (Lipinski definition) is 6. The number of nitrogens with two attached hydrogens (primary N) is 1. The number of carbonyl (C=O) groups is 3. The van der Waals surface area contributed by atoms with E-state index in [4.69, 9.17) is 10.5 Å². The number of anilines is 1. The molecule has 1 saturated heterocycles. The first-order valence-corrected chi connectivity index (χ1v) is 11.9. The van der Waals surface area contributed by atoms with Crippen LogP contribution in [0.15, 0.2) is 60.8 Å². The number of amides is 3. The Hall–Kier alpha value is -4.14. The molecule has 1 unspecified atom stereocenters. The minimum Gasteiger partial charge on any atom is -0.444 e. The van der Waals surface area contributed by atoms with E-state index in [1.54, 1.807) is 51.2 Å². The lowest BCUT2D eigenvalue weighted by molar-refractivity contribution is -0.149. The summed E-state index contributed by atoms with van der Waals surface area (Å²) in [5.41, 5.74) is 6.73. The van der Waals surface area contributed by atoms with Gasteiger partial charge in [-0.3, -0.25) is 9.59 Å². The van der Waals surface area contributed by atoms with Crippen molar-refractivity contribution in [2.24, 2.45) is 0 Å². The molecule has 2 aromatic carbocycles. The van der Waals surface area contributed by atoms with Crippen molar-refractivity contribution in [2.75, 3.05) is 12.3 Å². The predicted molar refractivity (Wildman–Crippen MR) is 137 cm³/mol. The van der Waals surface area contributed by atoms with Crippen molar-refractivity contribution in [1.29, 1.82) is 0 Å². The van der Waals surface area contributed by atoms with Gasteiger partial charge in [-0.15, -0.1) is 0 Å². The number of fused-ring (bicyclic) bond motifs is 1. The SMILES string of the molecule is CC(C)(C)OC(=O)N[C@@H](C(=O)N1CCC1C(=O)NCc1ccc2c(N)nccc2c1)c1ccccc1. The number of carbonyl (C=O) groups excluding carboxylic acids is 3. The highest BCUT2D eigenvalue weighted by Crippen LogP contribution is 2.25. The summed E-state index contributed by atoms with van der Waals surface area (Å²) < 4.78 is 5.36. The Morgan fingerprint density at radius 2 is 1.89 bits per heavy atom. The Balaban J connectivity index is 1.43.